The Morgan fingerprint density at radius 2 is 2.11 bits per heavy atom. The summed E-state index contributed by atoms with van der Waals surface area (Å²) >= 11 is 0. The zero-order valence-electron chi connectivity index (χ0n) is 11.1. The fourth-order valence-corrected chi connectivity index (χ4v) is 2.51. The maximum Gasteiger partial charge on any atom is 0.338 e. The predicted octanol–water partition coefficient (Wildman–Crippen LogP) is 2.72. The first-order valence-corrected chi connectivity index (χ1v) is 6.67. The summed E-state index contributed by atoms with van der Waals surface area (Å²) in [6.07, 6.45) is 3.06. The lowest BCUT2D eigenvalue weighted by molar-refractivity contribution is 0.00143. The van der Waals surface area contributed by atoms with E-state index in [0.29, 0.717) is 11.6 Å². The molecule has 98 valence electrons. The normalized spacial score (nSPS) is 24.8. The highest BCUT2D eigenvalue weighted by Gasteiger charge is 2.27. The molecular weight excluding hydrogens is 226 g/mol. The van der Waals surface area contributed by atoms with Crippen LogP contribution in [0.2, 0.25) is 0 Å². The van der Waals surface area contributed by atoms with Crippen LogP contribution in [0.15, 0.2) is 30.3 Å². The summed E-state index contributed by atoms with van der Waals surface area (Å²) in [5.41, 5.74) is 0.643. The first kappa shape index (κ1) is 13.1. The summed E-state index contributed by atoms with van der Waals surface area (Å²) in [4.78, 5) is 14.3. The minimum Gasteiger partial charge on any atom is -0.459 e. The van der Waals surface area contributed by atoms with E-state index in [1.165, 1.54) is 0 Å². The third-order valence-electron chi connectivity index (χ3n) is 3.72. The van der Waals surface area contributed by atoms with Gasteiger partial charge < -0.3 is 9.64 Å². The van der Waals surface area contributed by atoms with Gasteiger partial charge in [-0.3, -0.25) is 0 Å². The predicted molar refractivity (Wildman–Crippen MR) is 71.6 cm³/mol. The molecule has 1 aliphatic rings. The van der Waals surface area contributed by atoms with E-state index in [0.717, 1.165) is 25.8 Å². The average molecular weight is 247 g/mol. The molecule has 0 N–H and O–H groups in total. The van der Waals surface area contributed by atoms with E-state index in [4.69, 9.17) is 4.74 Å². The van der Waals surface area contributed by atoms with E-state index in [2.05, 4.69) is 18.9 Å². The Labute approximate surface area is 109 Å². The summed E-state index contributed by atoms with van der Waals surface area (Å²) in [5, 5.41) is 0. The number of piperidine rings is 1. The molecule has 0 saturated carbocycles. The van der Waals surface area contributed by atoms with Crippen molar-refractivity contribution in [1.29, 1.82) is 0 Å². The highest BCUT2D eigenvalue weighted by molar-refractivity contribution is 5.89. The number of rotatable bonds is 3. The fourth-order valence-electron chi connectivity index (χ4n) is 2.51. The van der Waals surface area contributed by atoms with Crippen LogP contribution in [0.3, 0.4) is 0 Å². The molecule has 1 aliphatic heterocycles. The minimum atomic E-state index is -0.194. The maximum absolute atomic E-state index is 12.0. The number of ether oxygens (including phenoxy) is 1. The van der Waals surface area contributed by atoms with Gasteiger partial charge in [-0.15, -0.1) is 0 Å². The summed E-state index contributed by atoms with van der Waals surface area (Å²) < 4.78 is 5.59. The molecule has 0 spiro atoms. The number of nitrogens with zero attached hydrogens (tertiary/aromatic N) is 1. The van der Waals surface area contributed by atoms with Gasteiger partial charge in [0.05, 0.1) is 5.56 Å². The molecule has 1 saturated heterocycles. The highest BCUT2D eigenvalue weighted by atomic mass is 16.5. The lowest BCUT2D eigenvalue weighted by Crippen LogP contribution is -2.42. The Bertz CT molecular complexity index is 391. The number of benzene rings is 1. The standard InChI is InChI=1S/C15H21NO2/c1-3-13-11-14(9-10-16(13)2)18-15(17)12-7-5-4-6-8-12/h4-8,13-14H,3,9-11H2,1-2H3/t13-,14-/m0/s1. The molecule has 3 nitrogen and oxygen atoms in total. The number of carbonyl (C=O) groups excluding carboxylic acids is 1. The second-order valence-corrected chi connectivity index (χ2v) is 4.96. The summed E-state index contributed by atoms with van der Waals surface area (Å²) in [5.74, 6) is -0.194. The number of hydrogen-bond donors (Lipinski definition) is 0. The Morgan fingerprint density at radius 3 is 2.78 bits per heavy atom. The van der Waals surface area contributed by atoms with Crippen molar-refractivity contribution in [3.8, 4) is 0 Å². The summed E-state index contributed by atoms with van der Waals surface area (Å²) in [6, 6.07) is 9.76. The number of esters is 1. The zero-order chi connectivity index (χ0) is 13.0. The lowest BCUT2D eigenvalue weighted by atomic mass is 9.98. The average Bonchev–Trinajstić information content (AvgIpc) is 2.42. The Morgan fingerprint density at radius 1 is 1.39 bits per heavy atom. The van der Waals surface area contributed by atoms with Crippen LogP contribution in [0.5, 0.6) is 0 Å². The molecule has 18 heavy (non-hydrogen) atoms. The monoisotopic (exact) mass is 247 g/mol. The maximum atomic E-state index is 12.0. The summed E-state index contributed by atoms with van der Waals surface area (Å²) in [7, 11) is 2.14. The van der Waals surface area contributed by atoms with Gasteiger partial charge in [0.25, 0.3) is 0 Å². The molecule has 1 aromatic carbocycles. The van der Waals surface area contributed by atoms with Gasteiger partial charge in [-0.25, -0.2) is 4.79 Å². The Balaban J connectivity index is 1.92. The first-order chi connectivity index (χ1) is 8.70. The molecule has 0 bridgehead atoms. The molecule has 3 heteroatoms. The van der Waals surface area contributed by atoms with Crippen LogP contribution in [-0.2, 0) is 4.74 Å². The molecule has 1 heterocycles. The Kier molecular flexibility index (Phi) is 4.37. The minimum absolute atomic E-state index is 0.0684. The molecule has 1 aromatic rings. The second-order valence-electron chi connectivity index (χ2n) is 4.96. The molecule has 0 unspecified atom stereocenters. The van der Waals surface area contributed by atoms with Gasteiger partial charge in [-0.2, -0.15) is 0 Å². The van der Waals surface area contributed by atoms with Gasteiger partial charge in [0, 0.05) is 12.6 Å². The van der Waals surface area contributed by atoms with Crippen molar-refractivity contribution in [2.75, 3.05) is 13.6 Å². The summed E-state index contributed by atoms with van der Waals surface area (Å²) in [6.45, 7) is 3.19. The molecule has 0 radical (unpaired) electrons. The van der Waals surface area contributed by atoms with E-state index < -0.39 is 0 Å². The lowest BCUT2D eigenvalue weighted by Gasteiger charge is -2.36. The van der Waals surface area contributed by atoms with Crippen molar-refractivity contribution in [3.63, 3.8) is 0 Å². The van der Waals surface area contributed by atoms with Gasteiger partial charge in [0.2, 0.25) is 0 Å². The highest BCUT2D eigenvalue weighted by Crippen LogP contribution is 2.21. The van der Waals surface area contributed by atoms with Gasteiger partial charge in [0.1, 0.15) is 6.10 Å². The number of likely N-dealkylation sites (tertiary alicyclic amines) is 1. The molecule has 0 aliphatic carbocycles. The van der Waals surface area contributed by atoms with E-state index >= 15 is 0 Å². The van der Waals surface area contributed by atoms with Gasteiger partial charge >= 0.3 is 5.97 Å². The molecular formula is C15H21NO2. The van der Waals surface area contributed by atoms with E-state index in [-0.39, 0.29) is 12.1 Å². The second kappa shape index (κ2) is 6.01. The van der Waals surface area contributed by atoms with Crippen molar-refractivity contribution in [2.45, 2.75) is 38.3 Å². The van der Waals surface area contributed by atoms with Gasteiger partial charge in [-0.05, 0) is 38.4 Å². The smallest absolute Gasteiger partial charge is 0.338 e. The topological polar surface area (TPSA) is 29.5 Å². The molecule has 0 aromatic heterocycles. The fraction of sp³-hybridized carbons (Fsp3) is 0.533. The van der Waals surface area contributed by atoms with Crippen molar-refractivity contribution in [3.05, 3.63) is 35.9 Å². The Hall–Kier alpha value is -1.35. The van der Waals surface area contributed by atoms with E-state index in [1.54, 1.807) is 12.1 Å². The van der Waals surface area contributed by atoms with Crippen LogP contribution >= 0.6 is 0 Å². The quantitative estimate of drug-likeness (QED) is 0.769. The van der Waals surface area contributed by atoms with Gasteiger partial charge in [-0.1, -0.05) is 25.1 Å². The van der Waals surface area contributed by atoms with Crippen LogP contribution in [0.25, 0.3) is 0 Å². The van der Waals surface area contributed by atoms with Crippen LogP contribution in [0.4, 0.5) is 0 Å². The van der Waals surface area contributed by atoms with Crippen molar-refractivity contribution >= 4 is 5.97 Å². The molecule has 2 atom stereocenters. The molecule has 2 rings (SSSR count). The van der Waals surface area contributed by atoms with Crippen molar-refractivity contribution in [2.24, 2.45) is 0 Å². The first-order valence-electron chi connectivity index (χ1n) is 6.67. The van der Waals surface area contributed by atoms with Crippen molar-refractivity contribution in [1.82, 2.24) is 4.90 Å². The third-order valence-corrected chi connectivity index (χ3v) is 3.72. The number of carbonyl (C=O) groups is 1. The zero-order valence-corrected chi connectivity index (χ0v) is 11.1. The van der Waals surface area contributed by atoms with Crippen LogP contribution in [-0.4, -0.2) is 36.6 Å². The third kappa shape index (κ3) is 3.10. The molecule has 1 fully saturated rings. The number of hydrogen-bond acceptors (Lipinski definition) is 3. The molecule has 0 amide bonds. The van der Waals surface area contributed by atoms with Crippen molar-refractivity contribution < 1.29 is 9.53 Å². The largest absolute Gasteiger partial charge is 0.459 e. The van der Waals surface area contributed by atoms with Crippen LogP contribution in [0.1, 0.15) is 36.5 Å². The van der Waals surface area contributed by atoms with E-state index in [1.807, 2.05) is 18.2 Å². The van der Waals surface area contributed by atoms with Crippen LogP contribution in [0, 0.1) is 0 Å². The SMILES string of the molecule is CC[C@H]1C[C@@H](OC(=O)c2ccccc2)CCN1C. The van der Waals surface area contributed by atoms with Crippen LogP contribution < -0.4 is 0 Å². The van der Waals surface area contributed by atoms with E-state index in [9.17, 15) is 4.79 Å². The van der Waals surface area contributed by atoms with Gasteiger partial charge in [0.15, 0.2) is 0 Å².